The fourth-order valence-corrected chi connectivity index (χ4v) is 2.47. The van der Waals surface area contributed by atoms with E-state index in [1.54, 1.807) is 36.4 Å². The van der Waals surface area contributed by atoms with Crippen LogP contribution in [0.3, 0.4) is 0 Å². The van der Waals surface area contributed by atoms with Crippen LogP contribution in [-0.2, 0) is 26.3 Å². The fourth-order valence-electron chi connectivity index (χ4n) is 2.47. The molecular weight excluding hydrogens is 333 g/mol. The Kier molecular flexibility index (Phi) is 5.85. The number of ether oxygens (including phenoxy) is 2. The molecule has 0 aliphatic heterocycles. The van der Waals surface area contributed by atoms with Crippen LogP contribution in [-0.4, -0.2) is 25.4 Å². The molecule has 0 aromatic heterocycles. The van der Waals surface area contributed by atoms with Crippen LogP contribution in [0.5, 0.6) is 0 Å². The van der Waals surface area contributed by atoms with Crippen molar-refractivity contribution in [2.45, 2.75) is 31.2 Å². The summed E-state index contributed by atoms with van der Waals surface area (Å²) in [5.74, 6) is -0.852. The molecule has 25 heavy (non-hydrogen) atoms. The van der Waals surface area contributed by atoms with Crippen molar-refractivity contribution >= 4 is 5.97 Å². The van der Waals surface area contributed by atoms with E-state index in [-0.39, 0.29) is 12.0 Å². The Morgan fingerprint density at radius 2 is 1.52 bits per heavy atom. The van der Waals surface area contributed by atoms with Gasteiger partial charge in [-0.2, -0.15) is 13.2 Å². The molecule has 2 rings (SSSR count). The van der Waals surface area contributed by atoms with Crippen molar-refractivity contribution in [3.63, 3.8) is 0 Å². The van der Waals surface area contributed by atoms with Gasteiger partial charge < -0.3 is 9.47 Å². The van der Waals surface area contributed by atoms with Crippen LogP contribution in [0.2, 0.25) is 0 Å². The van der Waals surface area contributed by atoms with Crippen molar-refractivity contribution in [3.05, 3.63) is 71.8 Å². The summed E-state index contributed by atoms with van der Waals surface area (Å²) in [6.45, 7) is 0.920. The van der Waals surface area contributed by atoms with Gasteiger partial charge in [0.05, 0.1) is 7.11 Å². The first kappa shape index (κ1) is 19.0. The maximum atomic E-state index is 13.8. The van der Waals surface area contributed by atoms with E-state index in [0.717, 1.165) is 14.0 Å². The van der Waals surface area contributed by atoms with Gasteiger partial charge in [-0.1, -0.05) is 60.7 Å². The van der Waals surface area contributed by atoms with Gasteiger partial charge in [-0.25, -0.2) is 4.79 Å². The third-order valence-electron chi connectivity index (χ3n) is 3.97. The maximum Gasteiger partial charge on any atom is 0.421 e. The summed E-state index contributed by atoms with van der Waals surface area (Å²) in [5.41, 5.74) is -2.04. The zero-order valence-corrected chi connectivity index (χ0v) is 13.9. The summed E-state index contributed by atoms with van der Waals surface area (Å²) < 4.78 is 51.3. The van der Waals surface area contributed by atoms with Gasteiger partial charge in [-0.15, -0.1) is 0 Å². The van der Waals surface area contributed by atoms with Gasteiger partial charge in [-0.3, -0.25) is 0 Å². The molecule has 0 bridgehead atoms. The van der Waals surface area contributed by atoms with E-state index >= 15 is 0 Å². The van der Waals surface area contributed by atoms with Gasteiger partial charge in [0.15, 0.2) is 11.7 Å². The number of methoxy groups -OCH3 is 1. The molecular formula is C19H19F3O3. The summed E-state index contributed by atoms with van der Waals surface area (Å²) in [6, 6.07) is 15.9. The van der Waals surface area contributed by atoms with Crippen LogP contribution in [0.15, 0.2) is 60.7 Å². The van der Waals surface area contributed by atoms with Crippen LogP contribution >= 0.6 is 0 Å². The van der Waals surface area contributed by atoms with E-state index in [0.29, 0.717) is 5.56 Å². The van der Waals surface area contributed by atoms with Gasteiger partial charge in [0.1, 0.15) is 0 Å². The molecule has 0 spiro atoms. The molecule has 0 aliphatic carbocycles. The fraction of sp³-hybridized carbons (Fsp3) is 0.316. The van der Waals surface area contributed by atoms with Crippen molar-refractivity contribution in [2.24, 2.45) is 0 Å². The van der Waals surface area contributed by atoms with E-state index in [1.807, 2.05) is 0 Å². The Morgan fingerprint density at radius 1 is 1.00 bits per heavy atom. The highest BCUT2D eigenvalue weighted by atomic mass is 19.4. The molecule has 0 aliphatic rings. The topological polar surface area (TPSA) is 35.5 Å². The van der Waals surface area contributed by atoms with Gasteiger partial charge in [0, 0.05) is 6.42 Å². The minimum atomic E-state index is -4.71. The van der Waals surface area contributed by atoms with Crippen molar-refractivity contribution < 1.29 is 27.4 Å². The predicted molar refractivity (Wildman–Crippen MR) is 86.9 cm³/mol. The number of alkyl halides is 3. The highest BCUT2D eigenvalue weighted by Gasteiger charge is 2.55. The molecule has 0 N–H and O–H groups in total. The summed E-state index contributed by atoms with van der Waals surface area (Å²) in [6.07, 6.45) is -6.12. The lowest BCUT2D eigenvalue weighted by atomic mass is 9.94. The molecule has 0 saturated carbocycles. The number of benzene rings is 2. The van der Waals surface area contributed by atoms with Crippen molar-refractivity contribution in [3.8, 4) is 0 Å². The number of hydrogen-bond donors (Lipinski definition) is 0. The maximum absolute atomic E-state index is 13.8. The smallest absolute Gasteiger partial charge is 0.421 e. The zero-order chi connectivity index (χ0) is 18.5. The summed E-state index contributed by atoms with van der Waals surface area (Å²) in [7, 11) is 1.12. The number of carbonyl (C=O) groups is 1. The minimum Gasteiger partial charge on any atom is -0.467 e. The van der Waals surface area contributed by atoms with E-state index in [4.69, 9.17) is 4.74 Å². The van der Waals surface area contributed by atoms with E-state index in [1.165, 1.54) is 24.3 Å². The summed E-state index contributed by atoms with van der Waals surface area (Å²) in [4.78, 5) is 12.0. The Balaban J connectivity index is 2.37. The molecule has 2 aromatic rings. The Bertz CT molecular complexity index is 686. The normalized spacial score (nSPS) is 15.2. The molecule has 3 nitrogen and oxygen atoms in total. The number of esters is 1. The quantitative estimate of drug-likeness (QED) is 0.729. The van der Waals surface area contributed by atoms with Crippen LogP contribution in [0.4, 0.5) is 13.2 Å². The van der Waals surface area contributed by atoms with E-state index < -0.39 is 23.9 Å². The first-order chi connectivity index (χ1) is 11.8. The van der Waals surface area contributed by atoms with Gasteiger partial charge >= 0.3 is 12.1 Å². The van der Waals surface area contributed by atoms with Crippen molar-refractivity contribution in [1.29, 1.82) is 0 Å². The molecule has 2 aromatic carbocycles. The Hall–Kier alpha value is -2.34. The second-order valence-electron chi connectivity index (χ2n) is 5.72. The van der Waals surface area contributed by atoms with Gasteiger partial charge in [0.2, 0.25) is 0 Å². The number of rotatable bonds is 6. The molecule has 0 fully saturated rings. The van der Waals surface area contributed by atoms with Crippen LogP contribution in [0.25, 0.3) is 0 Å². The van der Waals surface area contributed by atoms with E-state index in [2.05, 4.69) is 4.74 Å². The van der Waals surface area contributed by atoms with E-state index in [9.17, 15) is 18.0 Å². The molecule has 0 amide bonds. The highest BCUT2D eigenvalue weighted by molar-refractivity contribution is 5.75. The molecule has 6 heteroatoms. The summed E-state index contributed by atoms with van der Waals surface area (Å²) in [5, 5.41) is 0. The third kappa shape index (κ3) is 4.39. The minimum absolute atomic E-state index is 0.0218. The monoisotopic (exact) mass is 352 g/mol. The first-order valence-corrected chi connectivity index (χ1v) is 7.70. The van der Waals surface area contributed by atoms with Gasteiger partial charge in [-0.05, 0) is 18.1 Å². The lowest BCUT2D eigenvalue weighted by Gasteiger charge is -2.35. The first-order valence-electron chi connectivity index (χ1n) is 7.70. The molecule has 2 atom stereocenters. The SMILES string of the molecule is COC(=O)[C@@H](Cc1ccccc1)O[C@@](C)(c1ccccc1)C(F)(F)F. The van der Waals surface area contributed by atoms with Crippen molar-refractivity contribution in [1.82, 2.24) is 0 Å². The molecule has 0 unspecified atom stereocenters. The van der Waals surface area contributed by atoms with Gasteiger partial charge in [0.25, 0.3) is 0 Å². The molecule has 0 radical (unpaired) electrons. The highest BCUT2D eigenvalue weighted by Crippen LogP contribution is 2.43. The standard InChI is InChI=1S/C19H19F3O3/c1-18(19(20,21)22,15-11-7-4-8-12-15)25-16(17(23)24-2)13-14-9-5-3-6-10-14/h3-12,16H,13H2,1-2H3/t16-,18+/m1/s1. The average molecular weight is 352 g/mol. The largest absolute Gasteiger partial charge is 0.467 e. The second kappa shape index (κ2) is 7.70. The molecule has 134 valence electrons. The second-order valence-corrected chi connectivity index (χ2v) is 5.72. The van der Waals surface area contributed by atoms with Crippen LogP contribution in [0.1, 0.15) is 18.1 Å². The third-order valence-corrected chi connectivity index (χ3v) is 3.97. The number of carbonyl (C=O) groups excluding carboxylic acids is 1. The number of hydrogen-bond acceptors (Lipinski definition) is 3. The van der Waals surface area contributed by atoms with Crippen LogP contribution < -0.4 is 0 Å². The zero-order valence-electron chi connectivity index (χ0n) is 13.9. The lowest BCUT2D eigenvalue weighted by molar-refractivity contribution is -0.290. The predicted octanol–water partition coefficient (Wildman–Crippen LogP) is 4.27. The van der Waals surface area contributed by atoms with Crippen molar-refractivity contribution in [2.75, 3.05) is 7.11 Å². The number of halogens is 3. The Labute approximate surface area is 144 Å². The average Bonchev–Trinajstić information content (AvgIpc) is 2.61. The molecule has 0 heterocycles. The lowest BCUT2D eigenvalue weighted by Crippen LogP contribution is -2.47. The molecule has 0 saturated heterocycles. The Morgan fingerprint density at radius 3 is 2.00 bits per heavy atom. The van der Waals surface area contributed by atoms with Crippen LogP contribution in [0, 0.1) is 0 Å². The summed E-state index contributed by atoms with van der Waals surface area (Å²) >= 11 is 0.